The van der Waals surface area contributed by atoms with Gasteiger partial charge in [-0.1, -0.05) is 254 Å². The van der Waals surface area contributed by atoms with E-state index in [9.17, 15) is 19.4 Å². The van der Waals surface area contributed by atoms with E-state index in [1.807, 2.05) is 27.2 Å². The summed E-state index contributed by atoms with van der Waals surface area (Å²) >= 11 is 0. The number of aliphatic hydroxyl groups is 1. The van der Waals surface area contributed by atoms with Gasteiger partial charge in [0.1, 0.15) is 13.2 Å². The van der Waals surface area contributed by atoms with Crippen LogP contribution in [0.2, 0.25) is 0 Å². The Hall–Kier alpha value is -2.06. The van der Waals surface area contributed by atoms with Crippen molar-refractivity contribution in [1.82, 2.24) is 5.32 Å². The molecule has 0 spiro atoms. The summed E-state index contributed by atoms with van der Waals surface area (Å²) in [5.41, 5.74) is 0. The summed E-state index contributed by atoms with van der Waals surface area (Å²) in [6.07, 6.45) is 74.1. The number of carbonyl (C=O) groups excluding carboxylic acids is 1. The Morgan fingerprint density at radius 2 is 0.819 bits per heavy atom. The molecule has 8 nitrogen and oxygen atoms in total. The van der Waals surface area contributed by atoms with Crippen molar-refractivity contribution < 1.29 is 32.9 Å². The summed E-state index contributed by atoms with van der Waals surface area (Å²) in [5, 5.41) is 13.9. The Kier molecular flexibility index (Phi) is 52.2. The number of nitrogens with zero attached hydrogens (tertiary/aromatic N) is 1. The number of phosphoric acid groups is 1. The predicted molar refractivity (Wildman–Crippen MR) is 311 cm³/mol. The van der Waals surface area contributed by atoms with Gasteiger partial charge in [-0.2, -0.15) is 0 Å². The molecule has 0 aliphatic rings. The van der Waals surface area contributed by atoms with Crippen molar-refractivity contribution in [2.75, 3.05) is 40.9 Å². The number of unbranched alkanes of at least 4 members (excludes halogenated alkanes) is 32. The van der Waals surface area contributed by atoms with Crippen LogP contribution in [0.5, 0.6) is 0 Å². The van der Waals surface area contributed by atoms with Crippen molar-refractivity contribution in [2.24, 2.45) is 0 Å². The standard InChI is InChI=1S/C63H117N2O6P/c1-6-8-10-12-14-16-18-20-22-24-26-28-30-31-32-33-35-37-39-41-43-45-47-49-51-53-55-57-63(67)64-61(60-71-72(68,69)70-59-58-65(3,4)5)62(66)56-54-52-50-48-46-44-42-40-38-36-34-29-27-25-23-21-19-17-15-13-11-9-7-2/h18,20,24,26,30-31,38,40,46,48,54,56,61-62,66H,6-17,19,21-23,25,27-29,32-37,39,41-45,47,49-53,55,57-60H2,1-5H3,(H-,64,67,68,69)/b20-18-,26-24-,31-30-,40-38+,48-46+,56-54+. The average Bonchev–Trinajstić information content (AvgIpc) is 3.34. The number of nitrogens with one attached hydrogen (secondary N) is 1. The average molecular weight is 1030 g/mol. The Bertz CT molecular complexity index is 1400. The molecule has 0 aromatic carbocycles. The lowest BCUT2D eigenvalue weighted by molar-refractivity contribution is -0.870. The number of hydrogen-bond donors (Lipinski definition) is 2. The Morgan fingerprint density at radius 1 is 0.486 bits per heavy atom. The molecular weight excluding hydrogens is 912 g/mol. The number of amides is 1. The van der Waals surface area contributed by atoms with Gasteiger partial charge in [-0.3, -0.25) is 9.36 Å². The van der Waals surface area contributed by atoms with Crippen molar-refractivity contribution in [3.8, 4) is 0 Å². The van der Waals surface area contributed by atoms with E-state index in [0.29, 0.717) is 17.4 Å². The van der Waals surface area contributed by atoms with E-state index in [4.69, 9.17) is 9.05 Å². The minimum absolute atomic E-state index is 0.0116. The summed E-state index contributed by atoms with van der Waals surface area (Å²) in [5.74, 6) is -0.213. The Morgan fingerprint density at radius 3 is 1.22 bits per heavy atom. The molecule has 3 atom stereocenters. The van der Waals surface area contributed by atoms with Gasteiger partial charge in [-0.15, -0.1) is 0 Å². The Balaban J connectivity index is 4.26. The lowest BCUT2D eigenvalue weighted by Crippen LogP contribution is -2.45. The molecule has 0 bridgehead atoms. The minimum atomic E-state index is -4.61. The number of aliphatic hydroxyl groups excluding tert-OH is 1. The van der Waals surface area contributed by atoms with Gasteiger partial charge in [0.05, 0.1) is 39.9 Å². The largest absolute Gasteiger partial charge is 0.756 e. The van der Waals surface area contributed by atoms with Crippen molar-refractivity contribution in [3.05, 3.63) is 72.9 Å². The molecule has 0 fully saturated rings. The number of phosphoric ester groups is 1. The molecule has 0 saturated carbocycles. The molecule has 2 N–H and O–H groups in total. The van der Waals surface area contributed by atoms with Crippen LogP contribution in [0.15, 0.2) is 72.9 Å². The zero-order valence-electron chi connectivity index (χ0n) is 47.9. The zero-order valence-corrected chi connectivity index (χ0v) is 48.8. The second-order valence-corrected chi connectivity index (χ2v) is 23.1. The second kappa shape index (κ2) is 53.8. The lowest BCUT2D eigenvalue weighted by atomic mass is 10.0. The first-order valence-corrected chi connectivity index (χ1v) is 31.8. The topological polar surface area (TPSA) is 108 Å². The first kappa shape index (κ1) is 69.9. The van der Waals surface area contributed by atoms with E-state index >= 15 is 0 Å². The normalized spacial score (nSPS) is 14.4. The molecule has 1 amide bonds. The van der Waals surface area contributed by atoms with E-state index in [-0.39, 0.29) is 12.5 Å². The van der Waals surface area contributed by atoms with E-state index in [1.165, 1.54) is 193 Å². The van der Waals surface area contributed by atoms with Crippen molar-refractivity contribution in [1.29, 1.82) is 0 Å². The predicted octanol–water partition coefficient (Wildman–Crippen LogP) is 18.0. The summed E-state index contributed by atoms with van der Waals surface area (Å²) in [4.78, 5) is 25.5. The summed E-state index contributed by atoms with van der Waals surface area (Å²) in [6.45, 7) is 4.63. The molecular formula is C63H117N2O6P. The number of likely N-dealkylation sites (N-methyl/N-ethyl adjacent to an activating group) is 1. The van der Waals surface area contributed by atoms with Gasteiger partial charge in [0.25, 0.3) is 7.82 Å². The van der Waals surface area contributed by atoms with Crippen LogP contribution in [-0.4, -0.2) is 68.5 Å². The third-order valence-corrected chi connectivity index (χ3v) is 14.3. The van der Waals surface area contributed by atoms with E-state index in [1.54, 1.807) is 6.08 Å². The molecule has 0 radical (unpaired) electrons. The third-order valence-electron chi connectivity index (χ3n) is 13.4. The smallest absolute Gasteiger partial charge is 0.268 e. The molecule has 3 unspecified atom stereocenters. The van der Waals surface area contributed by atoms with Gasteiger partial charge < -0.3 is 28.8 Å². The summed E-state index contributed by atoms with van der Waals surface area (Å²) in [7, 11) is 1.23. The van der Waals surface area contributed by atoms with E-state index in [2.05, 4.69) is 79.9 Å². The highest BCUT2D eigenvalue weighted by molar-refractivity contribution is 7.45. The van der Waals surface area contributed by atoms with Gasteiger partial charge in [0, 0.05) is 6.42 Å². The number of allylic oxidation sites excluding steroid dienone is 11. The molecule has 0 aliphatic carbocycles. The first-order valence-electron chi connectivity index (χ1n) is 30.3. The highest BCUT2D eigenvalue weighted by Crippen LogP contribution is 2.38. The maximum atomic E-state index is 13.0. The van der Waals surface area contributed by atoms with Crippen LogP contribution in [0.25, 0.3) is 0 Å². The number of carbonyl (C=O) groups is 1. The Labute approximate surface area is 446 Å². The number of rotatable bonds is 55. The molecule has 0 heterocycles. The highest BCUT2D eigenvalue weighted by Gasteiger charge is 2.23. The van der Waals surface area contributed by atoms with Crippen LogP contribution in [0, 0.1) is 0 Å². The fourth-order valence-electron chi connectivity index (χ4n) is 8.60. The fourth-order valence-corrected chi connectivity index (χ4v) is 9.33. The minimum Gasteiger partial charge on any atom is -0.756 e. The van der Waals surface area contributed by atoms with Crippen LogP contribution >= 0.6 is 7.82 Å². The van der Waals surface area contributed by atoms with Gasteiger partial charge in [-0.05, 0) is 83.5 Å². The van der Waals surface area contributed by atoms with Crippen LogP contribution in [0.1, 0.15) is 271 Å². The van der Waals surface area contributed by atoms with Crippen molar-refractivity contribution in [2.45, 2.75) is 283 Å². The second-order valence-electron chi connectivity index (χ2n) is 21.7. The highest BCUT2D eigenvalue weighted by atomic mass is 31.2. The SMILES string of the molecule is CCCCCCC/C=C\C/C=C\C/C=C\CCCCCCCCCCCCCCC(=O)NC(COP(=O)([O-])OCC[N+](C)(C)C)C(O)/C=C/CC/C=C/CC/C=C/CCCCCCCCCCCCCCC. The summed E-state index contributed by atoms with van der Waals surface area (Å²) < 4.78 is 23.4. The van der Waals surface area contributed by atoms with Crippen molar-refractivity contribution in [3.63, 3.8) is 0 Å². The van der Waals surface area contributed by atoms with Crippen molar-refractivity contribution >= 4 is 13.7 Å². The molecule has 72 heavy (non-hydrogen) atoms. The molecule has 0 aromatic rings. The van der Waals surface area contributed by atoms with Crippen LogP contribution < -0.4 is 10.2 Å². The van der Waals surface area contributed by atoms with Gasteiger partial charge in [0.2, 0.25) is 5.91 Å². The third kappa shape index (κ3) is 55.7. The van der Waals surface area contributed by atoms with Gasteiger partial charge in [-0.25, -0.2) is 0 Å². The molecule has 0 rings (SSSR count). The van der Waals surface area contributed by atoms with Crippen LogP contribution in [-0.2, 0) is 18.4 Å². The molecule has 9 heteroatoms. The molecule has 0 aliphatic heterocycles. The van der Waals surface area contributed by atoms with Crippen LogP contribution in [0.4, 0.5) is 0 Å². The quantitative estimate of drug-likeness (QED) is 0.0272. The summed E-state index contributed by atoms with van der Waals surface area (Å²) in [6, 6.07) is -0.915. The zero-order chi connectivity index (χ0) is 52.7. The molecule has 0 aromatic heterocycles. The molecule has 420 valence electrons. The maximum Gasteiger partial charge on any atom is 0.268 e. The molecule has 0 saturated heterocycles. The maximum absolute atomic E-state index is 13.0. The fraction of sp³-hybridized carbons (Fsp3) is 0.794. The monoisotopic (exact) mass is 1030 g/mol. The van der Waals surface area contributed by atoms with Gasteiger partial charge in [0.15, 0.2) is 0 Å². The van der Waals surface area contributed by atoms with Gasteiger partial charge >= 0.3 is 0 Å². The van der Waals surface area contributed by atoms with E-state index < -0.39 is 26.6 Å². The van der Waals surface area contributed by atoms with Crippen LogP contribution in [0.3, 0.4) is 0 Å². The number of hydrogen-bond acceptors (Lipinski definition) is 6. The van der Waals surface area contributed by atoms with E-state index in [0.717, 1.165) is 57.8 Å². The first-order chi connectivity index (χ1) is 35.0. The number of quaternary nitrogens is 1. The lowest BCUT2D eigenvalue weighted by Gasteiger charge is -2.29.